The van der Waals surface area contributed by atoms with Crippen molar-refractivity contribution in [2.45, 2.75) is 265 Å². The molecule has 0 spiro atoms. The third-order valence-electron chi connectivity index (χ3n) is 13.0. The van der Waals surface area contributed by atoms with Crippen LogP contribution in [-0.2, 0) is 14.3 Å². The van der Waals surface area contributed by atoms with E-state index in [1.165, 1.54) is 225 Å². The Morgan fingerprint density at radius 2 is 0.825 bits per heavy atom. The first-order chi connectivity index (χ1) is 27.7. The Labute approximate surface area is 354 Å². The Bertz CT molecular complexity index is 872. The van der Waals surface area contributed by atoms with Crippen LogP contribution in [-0.4, -0.2) is 35.4 Å². The molecule has 334 valence electrons. The second kappa shape index (κ2) is 37.4. The number of hydrogen-bond acceptors (Lipinski definition) is 4. The van der Waals surface area contributed by atoms with Gasteiger partial charge in [-0.3, -0.25) is 0 Å². The maximum Gasteiger partial charge on any atom is 0.333 e. The molecule has 0 unspecified atom stereocenters. The molecule has 0 radical (unpaired) electrons. The maximum absolute atomic E-state index is 12.8. The molecule has 0 bridgehead atoms. The predicted molar refractivity (Wildman–Crippen MR) is 245 cm³/mol. The lowest BCUT2D eigenvalue weighted by Crippen LogP contribution is -2.30. The van der Waals surface area contributed by atoms with E-state index in [-0.39, 0.29) is 29.5 Å². The number of carbonyl (C=O) groups excluding carboxylic acids is 1. The van der Waals surface area contributed by atoms with Crippen molar-refractivity contribution in [1.29, 1.82) is 0 Å². The third kappa shape index (κ3) is 31.0. The van der Waals surface area contributed by atoms with Crippen LogP contribution in [0.5, 0.6) is 0 Å². The standard InChI is InChI=1S/C23H40O3.2C10H20.C5H10.C4H6O2/c1-19(2)21(16-20-12-8-6-4-3-5-7-9-13-20)22(25)26-18-23(17-24)14-10-11-15-23;2*1-2-4-6-8-10-9-7-5-3-1;1-2-4-5-3-1;1-3(2)4(5)6/h16,19-20,24H,3-15,17-18H2,1-2H3;2*1-10H2;1-5H2;1H2,2H3,(H,5,6). The summed E-state index contributed by atoms with van der Waals surface area (Å²) >= 11 is 0. The summed E-state index contributed by atoms with van der Waals surface area (Å²) in [5.74, 6) is -0.394. The molecule has 5 rings (SSSR count). The highest BCUT2D eigenvalue weighted by molar-refractivity contribution is 5.89. The second-order valence-electron chi connectivity index (χ2n) is 19.0. The van der Waals surface area contributed by atoms with Gasteiger partial charge in [0.1, 0.15) is 0 Å². The summed E-state index contributed by atoms with van der Waals surface area (Å²) in [5.41, 5.74) is 0.835. The lowest BCUT2D eigenvalue weighted by molar-refractivity contribution is -0.144. The van der Waals surface area contributed by atoms with Gasteiger partial charge in [-0.05, 0) is 44.4 Å². The highest BCUT2D eigenvalue weighted by Gasteiger charge is 2.35. The number of carboxylic acids is 1. The van der Waals surface area contributed by atoms with Gasteiger partial charge in [-0.2, -0.15) is 0 Å². The molecule has 0 aromatic rings. The van der Waals surface area contributed by atoms with Gasteiger partial charge >= 0.3 is 11.9 Å². The van der Waals surface area contributed by atoms with Crippen LogP contribution in [0, 0.1) is 17.3 Å². The maximum atomic E-state index is 12.8. The Balaban J connectivity index is 0.000000425. The number of carbonyl (C=O) groups is 2. The molecule has 0 aromatic carbocycles. The van der Waals surface area contributed by atoms with E-state index in [2.05, 4.69) is 26.5 Å². The normalized spacial score (nSPS) is 21.9. The van der Waals surface area contributed by atoms with Crippen molar-refractivity contribution in [3.63, 3.8) is 0 Å². The van der Waals surface area contributed by atoms with Gasteiger partial charge < -0.3 is 14.9 Å². The minimum atomic E-state index is -0.935. The topological polar surface area (TPSA) is 83.8 Å². The van der Waals surface area contributed by atoms with Crippen LogP contribution in [0.3, 0.4) is 0 Å². The van der Waals surface area contributed by atoms with E-state index in [1.54, 1.807) is 0 Å². The second-order valence-corrected chi connectivity index (χ2v) is 19.0. The zero-order valence-electron chi connectivity index (χ0n) is 38.3. The molecule has 5 aliphatic carbocycles. The molecule has 0 heterocycles. The molecular formula is C52H96O5. The molecule has 0 atom stereocenters. The molecule has 0 aliphatic heterocycles. The number of aliphatic hydroxyl groups excluding tert-OH is 1. The first-order valence-corrected chi connectivity index (χ1v) is 25.1. The fourth-order valence-electron chi connectivity index (χ4n) is 8.95. The summed E-state index contributed by atoms with van der Waals surface area (Å²) in [6.07, 6.45) is 55.6. The van der Waals surface area contributed by atoms with Gasteiger partial charge in [-0.15, -0.1) is 0 Å². The molecule has 5 aliphatic rings. The first kappa shape index (κ1) is 53.4. The Kier molecular flexibility index (Phi) is 35.0. The van der Waals surface area contributed by atoms with E-state index in [4.69, 9.17) is 9.84 Å². The molecule has 0 saturated heterocycles. The van der Waals surface area contributed by atoms with Crippen molar-refractivity contribution in [3.8, 4) is 0 Å². The van der Waals surface area contributed by atoms with Crippen LogP contribution in [0.25, 0.3) is 0 Å². The average molecular weight is 801 g/mol. The Hall–Kier alpha value is -1.62. The largest absolute Gasteiger partial charge is 0.478 e. The van der Waals surface area contributed by atoms with E-state index in [1.807, 2.05) is 0 Å². The highest BCUT2D eigenvalue weighted by Crippen LogP contribution is 2.38. The highest BCUT2D eigenvalue weighted by atomic mass is 16.5. The van der Waals surface area contributed by atoms with Crippen LogP contribution in [0.2, 0.25) is 0 Å². The molecular weight excluding hydrogens is 705 g/mol. The van der Waals surface area contributed by atoms with Crippen molar-refractivity contribution in [2.24, 2.45) is 17.3 Å². The van der Waals surface area contributed by atoms with Crippen molar-refractivity contribution < 1.29 is 24.5 Å². The first-order valence-electron chi connectivity index (χ1n) is 25.1. The number of aliphatic hydroxyl groups is 1. The lowest BCUT2D eigenvalue weighted by atomic mass is 9.88. The molecule has 5 heteroatoms. The molecule has 57 heavy (non-hydrogen) atoms. The zero-order valence-corrected chi connectivity index (χ0v) is 38.3. The summed E-state index contributed by atoms with van der Waals surface area (Å²) in [7, 11) is 0. The van der Waals surface area contributed by atoms with E-state index in [0.717, 1.165) is 31.3 Å². The number of ether oxygens (including phenoxy) is 1. The van der Waals surface area contributed by atoms with Crippen LogP contribution >= 0.6 is 0 Å². The third-order valence-corrected chi connectivity index (χ3v) is 13.0. The lowest BCUT2D eigenvalue weighted by Gasteiger charge is -2.26. The monoisotopic (exact) mass is 801 g/mol. The van der Waals surface area contributed by atoms with Crippen LogP contribution in [0.1, 0.15) is 265 Å². The summed E-state index contributed by atoms with van der Waals surface area (Å²) < 4.78 is 5.72. The van der Waals surface area contributed by atoms with Gasteiger partial charge in [-0.25, -0.2) is 9.59 Å². The van der Waals surface area contributed by atoms with Gasteiger partial charge in [0.05, 0.1) is 13.2 Å². The number of carboxylic acid groups (broad SMARTS) is 1. The molecule has 5 nitrogen and oxygen atoms in total. The fourth-order valence-corrected chi connectivity index (χ4v) is 8.95. The van der Waals surface area contributed by atoms with E-state index >= 15 is 0 Å². The van der Waals surface area contributed by atoms with Crippen molar-refractivity contribution in [2.75, 3.05) is 13.2 Å². The quantitative estimate of drug-likeness (QED) is 0.198. The van der Waals surface area contributed by atoms with Crippen molar-refractivity contribution in [3.05, 3.63) is 23.8 Å². The van der Waals surface area contributed by atoms with Gasteiger partial charge in [0, 0.05) is 16.6 Å². The molecule has 5 fully saturated rings. The summed E-state index contributed by atoms with van der Waals surface area (Å²) in [4.78, 5) is 22.4. The van der Waals surface area contributed by atoms with E-state index < -0.39 is 5.97 Å². The molecule has 2 N–H and O–H groups in total. The van der Waals surface area contributed by atoms with Crippen LogP contribution in [0.4, 0.5) is 0 Å². The van der Waals surface area contributed by atoms with Gasteiger partial charge in [0.2, 0.25) is 0 Å². The van der Waals surface area contributed by atoms with Crippen LogP contribution < -0.4 is 0 Å². The number of allylic oxidation sites excluding steroid dienone is 1. The number of esters is 1. The fraction of sp³-hybridized carbons (Fsp3) is 0.885. The van der Waals surface area contributed by atoms with Crippen LogP contribution in [0.15, 0.2) is 23.8 Å². The van der Waals surface area contributed by atoms with Crippen molar-refractivity contribution in [1.82, 2.24) is 0 Å². The molecule has 0 amide bonds. The molecule has 0 aromatic heterocycles. The Morgan fingerprint density at radius 3 is 1.05 bits per heavy atom. The summed E-state index contributed by atoms with van der Waals surface area (Å²) in [6.45, 7) is 9.28. The SMILES string of the molecule is C1CCCC1.C1CCCCCCCCC1.C1CCCCCCCCC1.C=C(C)C(=O)O.CC(C)C(=CC1CCCCCCCCC1)C(=O)OCC1(CO)CCCC1. The smallest absolute Gasteiger partial charge is 0.333 e. The van der Waals surface area contributed by atoms with Crippen molar-refractivity contribution >= 4 is 11.9 Å². The minimum Gasteiger partial charge on any atom is -0.478 e. The van der Waals surface area contributed by atoms with Gasteiger partial charge in [0.25, 0.3) is 0 Å². The summed E-state index contributed by atoms with van der Waals surface area (Å²) in [6, 6.07) is 0. The minimum absolute atomic E-state index is 0.129. The van der Waals surface area contributed by atoms with E-state index in [9.17, 15) is 14.7 Å². The average Bonchev–Trinajstić information content (AvgIpc) is 3.97. The number of aliphatic carboxylic acids is 1. The van der Waals surface area contributed by atoms with Gasteiger partial charge in [0.15, 0.2) is 0 Å². The predicted octanol–water partition coefficient (Wildman–Crippen LogP) is 16.2. The number of rotatable bonds is 7. The summed E-state index contributed by atoms with van der Waals surface area (Å²) in [5, 5.41) is 17.6. The molecule has 5 saturated carbocycles. The van der Waals surface area contributed by atoms with E-state index in [0.29, 0.717) is 12.5 Å². The van der Waals surface area contributed by atoms with Gasteiger partial charge in [-0.1, -0.05) is 245 Å². The Morgan fingerprint density at radius 1 is 0.561 bits per heavy atom. The number of hydrogen-bond donors (Lipinski definition) is 2. The zero-order chi connectivity index (χ0) is 41.7.